The Bertz CT molecular complexity index is 413. The molecular weight excluding hydrogens is 372 g/mol. The number of hydrogen-bond donors (Lipinski definition) is 0. The first-order valence-electron chi connectivity index (χ1n) is 7.84. The fourth-order valence-electron chi connectivity index (χ4n) is 1.07. The molecule has 0 aromatic heterocycles. The second kappa shape index (κ2) is 17.9. The smallest absolute Gasteiger partial charge is 0.438 e. The number of hydrogen-bond acceptors (Lipinski definition) is 12. The van der Waals surface area contributed by atoms with Crippen molar-refractivity contribution in [1.82, 2.24) is 0 Å². The minimum atomic E-state index is -0.657. The second-order valence-electron chi connectivity index (χ2n) is 4.21. The molecule has 0 bridgehead atoms. The molecule has 12 nitrogen and oxygen atoms in total. The third-order valence-electron chi connectivity index (χ3n) is 2.11. The first-order valence-corrected chi connectivity index (χ1v) is 7.84. The summed E-state index contributed by atoms with van der Waals surface area (Å²) in [4.78, 5) is 39.7. The van der Waals surface area contributed by atoms with E-state index >= 15 is 0 Å². The van der Waals surface area contributed by atoms with Crippen LogP contribution in [0.25, 0.3) is 0 Å². The van der Waals surface area contributed by atoms with Gasteiger partial charge in [-0.3, -0.25) is 0 Å². The Kier molecular flexibility index (Phi) is 17.4. The van der Waals surface area contributed by atoms with Crippen molar-refractivity contribution in [3.8, 4) is 0 Å². The number of rotatable bonds is 2. The Morgan fingerprint density at radius 1 is 0.889 bits per heavy atom. The van der Waals surface area contributed by atoms with Crippen LogP contribution in [0.5, 0.6) is 0 Å². The van der Waals surface area contributed by atoms with E-state index in [0.29, 0.717) is 33.0 Å². The van der Waals surface area contributed by atoms with E-state index in [0.717, 1.165) is 0 Å². The van der Waals surface area contributed by atoms with Gasteiger partial charge in [0.2, 0.25) is 0 Å². The summed E-state index contributed by atoms with van der Waals surface area (Å²) in [7, 11) is 2.51. The number of ether oxygens (including phenoxy) is 8. The van der Waals surface area contributed by atoms with Crippen molar-refractivity contribution in [2.24, 2.45) is 0 Å². The van der Waals surface area contributed by atoms with Gasteiger partial charge in [0.25, 0.3) is 0 Å². The molecule has 0 aliphatic carbocycles. The fourth-order valence-corrected chi connectivity index (χ4v) is 1.07. The van der Waals surface area contributed by atoms with Crippen LogP contribution in [0, 0.1) is 0 Å². The topological polar surface area (TPSA) is 142 Å². The third-order valence-corrected chi connectivity index (χ3v) is 2.11. The van der Waals surface area contributed by atoms with Crippen molar-refractivity contribution in [1.29, 1.82) is 0 Å². The van der Waals surface area contributed by atoms with Crippen LogP contribution in [0.15, 0.2) is 0 Å². The Morgan fingerprint density at radius 3 is 1.52 bits per heavy atom. The van der Waals surface area contributed by atoms with Crippen molar-refractivity contribution in [3.05, 3.63) is 0 Å². The van der Waals surface area contributed by atoms with Gasteiger partial charge in [0.1, 0.15) is 25.9 Å². The Morgan fingerprint density at radius 2 is 1.37 bits per heavy atom. The number of cyclic esters (lactones) is 4. The molecule has 0 radical (unpaired) electrons. The average Bonchev–Trinajstić information content (AvgIpc) is 3.27. The maximum Gasteiger partial charge on any atom is 0.508 e. The van der Waals surface area contributed by atoms with Crippen molar-refractivity contribution in [3.63, 3.8) is 0 Å². The Labute approximate surface area is 156 Å². The van der Waals surface area contributed by atoms with E-state index < -0.39 is 24.6 Å². The summed E-state index contributed by atoms with van der Waals surface area (Å²) >= 11 is 0. The highest BCUT2D eigenvalue weighted by Gasteiger charge is 2.19. The molecule has 0 amide bonds. The molecule has 0 saturated carbocycles. The lowest BCUT2D eigenvalue weighted by Crippen LogP contribution is -2.05. The summed E-state index contributed by atoms with van der Waals surface area (Å²) in [6, 6.07) is 0. The zero-order valence-electron chi connectivity index (χ0n) is 16.0. The van der Waals surface area contributed by atoms with Gasteiger partial charge >= 0.3 is 24.6 Å². The second-order valence-corrected chi connectivity index (χ2v) is 4.21. The quantitative estimate of drug-likeness (QED) is 0.497. The van der Waals surface area contributed by atoms with Gasteiger partial charge in [-0.2, -0.15) is 0 Å². The SMILES string of the molecule is CC1COC(=O)O1.CCOC(=O)OCC.COC(=O)OC.O=C1OCCO1. The minimum Gasteiger partial charge on any atom is -0.438 e. The number of carbonyl (C=O) groups excluding carboxylic acids is 4. The van der Waals surface area contributed by atoms with Crippen LogP contribution in [0.4, 0.5) is 19.2 Å². The summed E-state index contributed by atoms with van der Waals surface area (Å²) in [5.74, 6) is 0. The molecule has 2 fully saturated rings. The molecule has 0 aromatic rings. The van der Waals surface area contributed by atoms with E-state index in [1.165, 1.54) is 14.2 Å². The molecule has 1 unspecified atom stereocenters. The van der Waals surface area contributed by atoms with Crippen LogP contribution >= 0.6 is 0 Å². The standard InChI is InChI=1S/C5H10O3.C4H6O3.C3H4O3.C3H6O3/c1-3-7-5(6)8-4-2;1-3-2-6-4(5)7-3;4-3-5-1-2-6-3;1-5-3(4)6-2/h3-4H2,1-2H3;3H,2H2,1H3;1-2H2;1-2H3. The van der Waals surface area contributed by atoms with Crippen LogP contribution in [0.1, 0.15) is 20.8 Å². The maximum absolute atomic E-state index is 10.2. The maximum atomic E-state index is 10.2. The lowest BCUT2D eigenvalue weighted by atomic mass is 10.5. The van der Waals surface area contributed by atoms with E-state index in [9.17, 15) is 19.2 Å². The number of methoxy groups -OCH3 is 2. The molecule has 27 heavy (non-hydrogen) atoms. The summed E-state index contributed by atoms with van der Waals surface area (Å²) < 4.78 is 34.4. The molecule has 0 aromatic carbocycles. The summed E-state index contributed by atoms with van der Waals surface area (Å²) in [5.41, 5.74) is 0. The first kappa shape index (κ1) is 26.3. The zero-order valence-corrected chi connectivity index (χ0v) is 16.0. The van der Waals surface area contributed by atoms with Gasteiger partial charge in [0.15, 0.2) is 0 Å². The predicted octanol–water partition coefficient (Wildman–Crippen LogP) is 2.27. The van der Waals surface area contributed by atoms with E-state index in [4.69, 9.17) is 0 Å². The first-order chi connectivity index (χ1) is 12.8. The predicted molar refractivity (Wildman–Crippen MR) is 87.3 cm³/mol. The monoisotopic (exact) mass is 398 g/mol. The minimum absolute atomic E-state index is 0.0486. The van der Waals surface area contributed by atoms with Gasteiger partial charge < -0.3 is 37.9 Å². The molecule has 0 N–H and O–H groups in total. The van der Waals surface area contributed by atoms with Gasteiger partial charge in [-0.05, 0) is 20.8 Å². The molecular formula is C15H26O12. The van der Waals surface area contributed by atoms with E-state index in [2.05, 4.69) is 37.9 Å². The van der Waals surface area contributed by atoms with Crippen LogP contribution in [0.2, 0.25) is 0 Å². The van der Waals surface area contributed by atoms with Gasteiger partial charge in [-0.25, -0.2) is 19.2 Å². The lowest BCUT2D eigenvalue weighted by molar-refractivity contribution is 0.0630. The Hall–Kier alpha value is -2.92. The van der Waals surface area contributed by atoms with Gasteiger partial charge in [0.05, 0.1) is 27.4 Å². The summed E-state index contributed by atoms with van der Waals surface area (Å²) in [6.45, 7) is 7.23. The molecule has 158 valence electrons. The molecule has 1 atom stereocenters. The van der Waals surface area contributed by atoms with Crippen LogP contribution < -0.4 is 0 Å². The summed E-state index contributed by atoms with van der Waals surface area (Å²) in [6.07, 6.45) is -2.39. The van der Waals surface area contributed by atoms with E-state index in [1.54, 1.807) is 20.8 Å². The average molecular weight is 398 g/mol. The molecule has 2 heterocycles. The van der Waals surface area contributed by atoms with E-state index in [1.807, 2.05) is 0 Å². The third kappa shape index (κ3) is 19.3. The highest BCUT2D eigenvalue weighted by Crippen LogP contribution is 2.02. The normalized spacial score (nSPS) is 16.0. The lowest BCUT2D eigenvalue weighted by Gasteiger charge is -1.98. The van der Waals surface area contributed by atoms with Crippen molar-refractivity contribution < 1.29 is 57.1 Å². The molecule has 2 aliphatic rings. The zero-order chi connectivity index (χ0) is 21.1. The molecule has 2 rings (SSSR count). The highest BCUT2D eigenvalue weighted by molar-refractivity contribution is 5.61. The van der Waals surface area contributed by atoms with E-state index in [-0.39, 0.29) is 6.10 Å². The molecule has 2 saturated heterocycles. The van der Waals surface area contributed by atoms with Crippen molar-refractivity contribution >= 4 is 24.6 Å². The molecule has 12 heteroatoms. The molecule has 0 spiro atoms. The van der Waals surface area contributed by atoms with Gasteiger partial charge in [-0.15, -0.1) is 0 Å². The van der Waals surface area contributed by atoms with Crippen LogP contribution in [0.3, 0.4) is 0 Å². The van der Waals surface area contributed by atoms with Gasteiger partial charge in [0, 0.05) is 0 Å². The summed E-state index contributed by atoms with van der Waals surface area (Å²) in [5, 5.41) is 0. The largest absolute Gasteiger partial charge is 0.508 e. The van der Waals surface area contributed by atoms with Gasteiger partial charge in [-0.1, -0.05) is 0 Å². The van der Waals surface area contributed by atoms with Crippen molar-refractivity contribution in [2.45, 2.75) is 26.9 Å². The van der Waals surface area contributed by atoms with Crippen LogP contribution in [-0.4, -0.2) is 78.0 Å². The number of carbonyl (C=O) groups is 4. The van der Waals surface area contributed by atoms with Crippen LogP contribution in [-0.2, 0) is 37.9 Å². The molecule has 2 aliphatic heterocycles. The highest BCUT2D eigenvalue weighted by atomic mass is 16.8. The fraction of sp³-hybridized carbons (Fsp3) is 0.733. The Balaban J connectivity index is 0. The van der Waals surface area contributed by atoms with Crippen molar-refractivity contribution in [2.75, 3.05) is 47.3 Å².